The molecular weight excluding hydrogens is 260 g/mol. The number of carboxylic acid groups (broad SMARTS) is 1. The van der Waals surface area contributed by atoms with E-state index in [-0.39, 0.29) is 45.1 Å². The molecule has 0 bridgehead atoms. The summed E-state index contributed by atoms with van der Waals surface area (Å²) in [7, 11) is 0. The zero-order chi connectivity index (χ0) is 15.3. The number of ether oxygens (including phenoxy) is 1. The molecule has 8 nitrogen and oxygen atoms in total. The van der Waals surface area contributed by atoms with Crippen LogP contribution in [-0.4, -0.2) is 75.9 Å². The second kappa shape index (κ2) is 13.4. The summed E-state index contributed by atoms with van der Waals surface area (Å²) >= 11 is 0. The molecule has 0 aromatic rings. The van der Waals surface area contributed by atoms with Crippen molar-refractivity contribution in [3.05, 3.63) is 0 Å². The SMILES string of the molecule is CC(=O)CCC(=O)O.OCC(O)COCC(O)CO. The van der Waals surface area contributed by atoms with Gasteiger partial charge in [-0.2, -0.15) is 0 Å². The minimum absolute atomic E-state index is 0.0342. The Bertz CT molecular complexity index is 219. The fraction of sp³-hybridized carbons (Fsp3) is 0.818. The van der Waals surface area contributed by atoms with Crippen LogP contribution in [0.3, 0.4) is 0 Å². The third kappa shape index (κ3) is 19.5. The molecule has 0 fully saturated rings. The van der Waals surface area contributed by atoms with Crippen LogP contribution in [0.15, 0.2) is 0 Å². The normalized spacial score (nSPS) is 13.1. The van der Waals surface area contributed by atoms with Crippen LogP contribution in [0.25, 0.3) is 0 Å². The standard InChI is InChI=1S/C6H14O5.C5H8O3/c7-1-5(9)3-11-4-6(10)2-8;1-4(6)2-3-5(7)8/h5-10H,1-4H2;2-3H2,1H3,(H,7,8). The highest BCUT2D eigenvalue weighted by Gasteiger charge is 2.04. The Kier molecular flexibility index (Phi) is 14.3. The highest BCUT2D eigenvalue weighted by Crippen LogP contribution is 1.88. The first-order valence-electron chi connectivity index (χ1n) is 5.70. The molecule has 8 heteroatoms. The minimum atomic E-state index is -0.916. The van der Waals surface area contributed by atoms with Gasteiger partial charge in [-0.1, -0.05) is 0 Å². The van der Waals surface area contributed by atoms with Gasteiger partial charge in [-0.3, -0.25) is 4.79 Å². The van der Waals surface area contributed by atoms with Crippen LogP contribution in [0, 0.1) is 0 Å². The molecule has 0 heterocycles. The van der Waals surface area contributed by atoms with E-state index in [1.165, 1.54) is 6.92 Å². The molecule has 2 unspecified atom stereocenters. The maximum absolute atomic E-state index is 10.1. The van der Waals surface area contributed by atoms with Crippen LogP contribution in [-0.2, 0) is 14.3 Å². The molecule has 0 amide bonds. The van der Waals surface area contributed by atoms with Gasteiger partial charge in [0.25, 0.3) is 0 Å². The van der Waals surface area contributed by atoms with Crippen molar-refractivity contribution >= 4 is 11.8 Å². The van der Waals surface area contributed by atoms with Crippen LogP contribution in [0.5, 0.6) is 0 Å². The lowest BCUT2D eigenvalue weighted by Gasteiger charge is -2.10. The van der Waals surface area contributed by atoms with Crippen LogP contribution >= 0.6 is 0 Å². The highest BCUT2D eigenvalue weighted by atomic mass is 16.5. The van der Waals surface area contributed by atoms with Gasteiger partial charge in [0.1, 0.15) is 18.0 Å². The van der Waals surface area contributed by atoms with E-state index in [0.717, 1.165) is 0 Å². The van der Waals surface area contributed by atoms with Crippen molar-refractivity contribution in [2.45, 2.75) is 32.0 Å². The van der Waals surface area contributed by atoms with E-state index in [4.69, 9.17) is 30.3 Å². The second-order valence-electron chi connectivity index (χ2n) is 3.81. The maximum Gasteiger partial charge on any atom is 0.303 e. The lowest BCUT2D eigenvalue weighted by Crippen LogP contribution is -2.25. The Morgan fingerprint density at radius 3 is 1.63 bits per heavy atom. The van der Waals surface area contributed by atoms with E-state index in [1.807, 2.05) is 0 Å². The molecular formula is C11H22O8. The van der Waals surface area contributed by atoms with Crippen molar-refractivity contribution in [2.75, 3.05) is 26.4 Å². The Labute approximate surface area is 111 Å². The summed E-state index contributed by atoms with van der Waals surface area (Å²) in [5.74, 6) is -0.993. The monoisotopic (exact) mass is 282 g/mol. The first-order valence-corrected chi connectivity index (χ1v) is 5.70. The van der Waals surface area contributed by atoms with Gasteiger partial charge in [0, 0.05) is 6.42 Å². The first kappa shape index (κ1) is 20.3. The summed E-state index contributed by atoms with van der Waals surface area (Å²) in [6, 6.07) is 0. The highest BCUT2D eigenvalue weighted by molar-refractivity contribution is 5.80. The topological polar surface area (TPSA) is 145 Å². The molecule has 0 aromatic heterocycles. The minimum Gasteiger partial charge on any atom is -0.481 e. The van der Waals surface area contributed by atoms with Gasteiger partial charge < -0.3 is 35.1 Å². The third-order valence-electron chi connectivity index (χ3n) is 1.73. The van der Waals surface area contributed by atoms with Crippen molar-refractivity contribution in [2.24, 2.45) is 0 Å². The molecule has 0 aliphatic carbocycles. The number of ketones is 1. The van der Waals surface area contributed by atoms with Crippen molar-refractivity contribution in [3.63, 3.8) is 0 Å². The number of hydrogen-bond acceptors (Lipinski definition) is 7. The molecule has 19 heavy (non-hydrogen) atoms. The molecule has 2 atom stereocenters. The van der Waals surface area contributed by atoms with Crippen molar-refractivity contribution in [1.82, 2.24) is 0 Å². The fourth-order valence-electron chi connectivity index (χ4n) is 0.728. The van der Waals surface area contributed by atoms with E-state index < -0.39 is 18.2 Å². The Balaban J connectivity index is 0. The van der Waals surface area contributed by atoms with E-state index in [0.29, 0.717) is 0 Å². The Morgan fingerprint density at radius 2 is 1.42 bits per heavy atom. The van der Waals surface area contributed by atoms with Crippen LogP contribution in [0.2, 0.25) is 0 Å². The summed E-state index contributed by atoms with van der Waals surface area (Å²) in [5.41, 5.74) is 0. The number of carbonyl (C=O) groups excluding carboxylic acids is 1. The van der Waals surface area contributed by atoms with E-state index in [9.17, 15) is 9.59 Å². The molecule has 0 spiro atoms. The molecule has 0 radical (unpaired) electrons. The smallest absolute Gasteiger partial charge is 0.303 e. The number of aliphatic carboxylic acids is 1. The Hall–Kier alpha value is -1.06. The number of hydrogen-bond donors (Lipinski definition) is 5. The van der Waals surface area contributed by atoms with Gasteiger partial charge in [0.2, 0.25) is 0 Å². The van der Waals surface area contributed by atoms with Crippen molar-refractivity contribution in [1.29, 1.82) is 0 Å². The number of carboxylic acids is 1. The quantitative estimate of drug-likeness (QED) is 0.331. The lowest BCUT2D eigenvalue weighted by atomic mass is 10.2. The zero-order valence-corrected chi connectivity index (χ0v) is 10.9. The van der Waals surface area contributed by atoms with Gasteiger partial charge in [0.15, 0.2) is 0 Å². The molecule has 0 aliphatic heterocycles. The summed E-state index contributed by atoms with van der Waals surface area (Å²) in [4.78, 5) is 19.8. The van der Waals surface area contributed by atoms with Gasteiger partial charge in [0.05, 0.1) is 32.8 Å². The number of aliphatic hydroxyl groups is 4. The van der Waals surface area contributed by atoms with Crippen LogP contribution < -0.4 is 0 Å². The first-order chi connectivity index (χ1) is 8.83. The Morgan fingerprint density at radius 1 is 1.00 bits per heavy atom. The zero-order valence-electron chi connectivity index (χ0n) is 10.9. The summed E-state index contributed by atoms with van der Waals surface area (Å²) in [6.07, 6.45) is -1.73. The largest absolute Gasteiger partial charge is 0.481 e. The molecule has 0 aliphatic rings. The molecule has 5 N–H and O–H groups in total. The molecule has 114 valence electrons. The number of rotatable bonds is 9. The summed E-state index contributed by atoms with van der Waals surface area (Å²) < 4.78 is 4.72. The van der Waals surface area contributed by atoms with Gasteiger partial charge in [-0.05, 0) is 6.92 Å². The fourth-order valence-corrected chi connectivity index (χ4v) is 0.728. The predicted octanol–water partition coefficient (Wildman–Crippen LogP) is -1.85. The van der Waals surface area contributed by atoms with Gasteiger partial charge in [-0.25, -0.2) is 0 Å². The second-order valence-corrected chi connectivity index (χ2v) is 3.81. The van der Waals surface area contributed by atoms with Gasteiger partial charge in [-0.15, -0.1) is 0 Å². The van der Waals surface area contributed by atoms with E-state index >= 15 is 0 Å². The average molecular weight is 282 g/mol. The van der Waals surface area contributed by atoms with E-state index in [1.54, 1.807) is 0 Å². The van der Waals surface area contributed by atoms with E-state index in [2.05, 4.69) is 0 Å². The molecule has 0 rings (SSSR count). The van der Waals surface area contributed by atoms with Crippen molar-refractivity contribution < 1.29 is 39.9 Å². The molecule has 0 saturated heterocycles. The summed E-state index contributed by atoms with van der Waals surface area (Å²) in [5, 5.41) is 42.1. The average Bonchev–Trinajstić information content (AvgIpc) is 2.36. The predicted molar refractivity (Wildman–Crippen MR) is 64.6 cm³/mol. The summed E-state index contributed by atoms with van der Waals surface area (Å²) in [6.45, 7) is 0.578. The van der Waals surface area contributed by atoms with Crippen LogP contribution in [0.1, 0.15) is 19.8 Å². The van der Waals surface area contributed by atoms with Crippen LogP contribution in [0.4, 0.5) is 0 Å². The number of Topliss-reactive ketones (excluding diaryl/α,β-unsaturated/α-hetero) is 1. The third-order valence-corrected chi connectivity index (χ3v) is 1.73. The maximum atomic E-state index is 10.1. The van der Waals surface area contributed by atoms with Gasteiger partial charge >= 0.3 is 5.97 Å². The van der Waals surface area contributed by atoms with Crippen molar-refractivity contribution in [3.8, 4) is 0 Å². The molecule has 0 aromatic carbocycles. The number of aliphatic hydroxyl groups excluding tert-OH is 4. The lowest BCUT2D eigenvalue weighted by molar-refractivity contribution is -0.138. The molecule has 0 saturated carbocycles. The number of carbonyl (C=O) groups is 2.